The van der Waals surface area contributed by atoms with Crippen LogP contribution < -0.4 is 5.32 Å². The molecule has 0 radical (unpaired) electrons. The molecule has 0 spiro atoms. The molecule has 1 aliphatic rings. The van der Waals surface area contributed by atoms with Crippen LogP contribution in [-0.2, 0) is 10.8 Å². The van der Waals surface area contributed by atoms with Gasteiger partial charge in [0, 0.05) is 12.3 Å². The van der Waals surface area contributed by atoms with Crippen molar-refractivity contribution < 1.29 is 5.11 Å². The minimum absolute atomic E-state index is 0.0522. The molecule has 20 heavy (non-hydrogen) atoms. The van der Waals surface area contributed by atoms with Crippen molar-refractivity contribution in [1.82, 2.24) is 5.32 Å². The van der Waals surface area contributed by atoms with Gasteiger partial charge < -0.3 is 10.4 Å². The van der Waals surface area contributed by atoms with E-state index in [1.165, 1.54) is 5.56 Å². The third-order valence-electron chi connectivity index (χ3n) is 3.77. The minimum Gasteiger partial charge on any atom is -0.507 e. The lowest BCUT2D eigenvalue weighted by molar-refractivity contribution is 0.422. The number of rotatable bonds is 1. The van der Waals surface area contributed by atoms with Crippen molar-refractivity contribution in [2.75, 3.05) is 12.3 Å². The molecule has 1 aromatic carbocycles. The van der Waals surface area contributed by atoms with E-state index in [0.29, 0.717) is 11.1 Å². The van der Waals surface area contributed by atoms with Gasteiger partial charge in [-0.25, -0.2) is 0 Å². The summed E-state index contributed by atoms with van der Waals surface area (Å²) in [6, 6.07) is 4.36. The number of phenols is 1. The maximum atomic E-state index is 10.7. The molecule has 2 nitrogen and oxygen atoms in total. The SMILES string of the molecule is CC(C)(C)c1cc(C2NCCS2)cc(C(C)(C)C)c1O. The number of thioether (sulfide) groups is 1. The van der Waals surface area contributed by atoms with Crippen molar-refractivity contribution in [1.29, 1.82) is 0 Å². The predicted molar refractivity (Wildman–Crippen MR) is 88.7 cm³/mol. The first-order chi connectivity index (χ1) is 9.10. The van der Waals surface area contributed by atoms with E-state index in [4.69, 9.17) is 0 Å². The van der Waals surface area contributed by atoms with Crippen molar-refractivity contribution in [2.24, 2.45) is 0 Å². The summed E-state index contributed by atoms with van der Waals surface area (Å²) < 4.78 is 0. The summed E-state index contributed by atoms with van der Waals surface area (Å²) >= 11 is 1.95. The monoisotopic (exact) mass is 293 g/mol. The Morgan fingerprint density at radius 3 is 1.90 bits per heavy atom. The molecule has 2 rings (SSSR count). The topological polar surface area (TPSA) is 32.3 Å². The van der Waals surface area contributed by atoms with E-state index in [9.17, 15) is 5.11 Å². The van der Waals surface area contributed by atoms with E-state index < -0.39 is 0 Å². The van der Waals surface area contributed by atoms with Gasteiger partial charge in [0.1, 0.15) is 5.75 Å². The molecule has 1 saturated heterocycles. The zero-order chi connectivity index (χ0) is 15.1. The Morgan fingerprint density at radius 1 is 1.05 bits per heavy atom. The minimum atomic E-state index is -0.0522. The Kier molecular flexibility index (Phi) is 4.14. The van der Waals surface area contributed by atoms with Gasteiger partial charge in [-0.2, -0.15) is 0 Å². The van der Waals surface area contributed by atoms with Crippen LogP contribution in [0.4, 0.5) is 0 Å². The molecule has 0 aromatic heterocycles. The smallest absolute Gasteiger partial charge is 0.123 e. The molecule has 1 atom stereocenters. The van der Waals surface area contributed by atoms with Crippen molar-refractivity contribution in [3.63, 3.8) is 0 Å². The molecule has 1 fully saturated rings. The van der Waals surface area contributed by atoms with Crippen LogP contribution in [0.3, 0.4) is 0 Å². The van der Waals surface area contributed by atoms with Gasteiger partial charge in [0.15, 0.2) is 0 Å². The van der Waals surface area contributed by atoms with Gasteiger partial charge >= 0.3 is 0 Å². The summed E-state index contributed by atoms with van der Waals surface area (Å²) in [6.45, 7) is 14.0. The normalized spacial score (nSPS) is 20.4. The van der Waals surface area contributed by atoms with Crippen molar-refractivity contribution in [3.05, 3.63) is 28.8 Å². The molecular weight excluding hydrogens is 266 g/mol. The van der Waals surface area contributed by atoms with Crippen LogP contribution in [0.15, 0.2) is 12.1 Å². The Hall–Kier alpha value is -0.670. The summed E-state index contributed by atoms with van der Waals surface area (Å²) in [6.07, 6.45) is 0. The van der Waals surface area contributed by atoms with E-state index >= 15 is 0 Å². The number of aromatic hydroxyl groups is 1. The highest BCUT2D eigenvalue weighted by molar-refractivity contribution is 7.99. The standard InChI is InChI=1S/C17H27NOS/c1-16(2,3)12-9-11(15-18-7-8-20-15)10-13(14(12)19)17(4,5)6/h9-10,15,18-19H,7-8H2,1-6H3. The fraction of sp³-hybridized carbons (Fsp3) is 0.647. The van der Waals surface area contributed by atoms with Gasteiger partial charge in [-0.15, -0.1) is 11.8 Å². The van der Waals surface area contributed by atoms with E-state index in [-0.39, 0.29) is 10.8 Å². The van der Waals surface area contributed by atoms with Crippen LogP contribution >= 0.6 is 11.8 Å². The largest absolute Gasteiger partial charge is 0.507 e. The molecule has 0 aliphatic carbocycles. The number of hydrogen-bond donors (Lipinski definition) is 2. The molecule has 0 saturated carbocycles. The molecule has 1 unspecified atom stereocenters. The Morgan fingerprint density at radius 2 is 1.55 bits per heavy atom. The maximum absolute atomic E-state index is 10.7. The molecule has 112 valence electrons. The first-order valence-corrected chi connectivity index (χ1v) is 8.38. The summed E-state index contributed by atoms with van der Waals surface area (Å²) in [7, 11) is 0. The Bertz CT molecular complexity index is 456. The van der Waals surface area contributed by atoms with Gasteiger partial charge in [0.05, 0.1) is 5.37 Å². The number of phenolic OH excluding ortho intramolecular Hbond substituents is 1. The van der Waals surface area contributed by atoms with E-state index in [2.05, 4.69) is 59.0 Å². The average molecular weight is 293 g/mol. The molecule has 0 bridgehead atoms. The van der Waals surface area contributed by atoms with Crippen LogP contribution in [0, 0.1) is 0 Å². The lowest BCUT2D eigenvalue weighted by Gasteiger charge is -2.29. The molecule has 3 heteroatoms. The highest BCUT2D eigenvalue weighted by Crippen LogP contribution is 2.42. The van der Waals surface area contributed by atoms with Crippen molar-refractivity contribution in [2.45, 2.75) is 57.7 Å². The van der Waals surface area contributed by atoms with E-state index in [1.807, 2.05) is 11.8 Å². The maximum Gasteiger partial charge on any atom is 0.123 e. The molecule has 1 aromatic rings. The number of hydrogen-bond acceptors (Lipinski definition) is 3. The predicted octanol–water partition coefficient (Wildman–Crippen LogP) is 4.32. The molecular formula is C17H27NOS. The summed E-state index contributed by atoms with van der Waals surface area (Å²) in [5.74, 6) is 1.62. The lowest BCUT2D eigenvalue weighted by atomic mass is 9.78. The molecule has 1 aliphatic heterocycles. The highest BCUT2D eigenvalue weighted by atomic mass is 32.2. The number of benzene rings is 1. The van der Waals surface area contributed by atoms with E-state index in [1.54, 1.807) is 0 Å². The van der Waals surface area contributed by atoms with Crippen LogP contribution in [0.1, 0.15) is 63.6 Å². The van der Waals surface area contributed by atoms with Crippen LogP contribution in [0.2, 0.25) is 0 Å². The first-order valence-electron chi connectivity index (χ1n) is 7.33. The van der Waals surface area contributed by atoms with Gasteiger partial charge in [0.25, 0.3) is 0 Å². The second-order valence-corrected chi connectivity index (χ2v) is 8.88. The molecule has 1 heterocycles. The van der Waals surface area contributed by atoms with Crippen LogP contribution in [-0.4, -0.2) is 17.4 Å². The van der Waals surface area contributed by atoms with Gasteiger partial charge in [-0.3, -0.25) is 0 Å². The molecule has 2 N–H and O–H groups in total. The van der Waals surface area contributed by atoms with Gasteiger partial charge in [0.2, 0.25) is 0 Å². The average Bonchev–Trinajstić information content (AvgIpc) is 2.79. The summed E-state index contributed by atoms with van der Waals surface area (Å²) in [5.41, 5.74) is 3.29. The Labute approximate surface area is 127 Å². The van der Waals surface area contributed by atoms with Gasteiger partial charge in [-0.1, -0.05) is 41.5 Å². The second-order valence-electron chi connectivity index (χ2n) is 7.67. The zero-order valence-electron chi connectivity index (χ0n) is 13.5. The Balaban J connectivity index is 2.60. The lowest BCUT2D eigenvalue weighted by Crippen LogP contribution is -2.20. The van der Waals surface area contributed by atoms with Crippen molar-refractivity contribution >= 4 is 11.8 Å². The first kappa shape index (κ1) is 15.7. The second kappa shape index (κ2) is 5.27. The number of nitrogens with one attached hydrogen (secondary N) is 1. The summed E-state index contributed by atoms with van der Waals surface area (Å²) in [4.78, 5) is 0. The van der Waals surface area contributed by atoms with Gasteiger partial charge in [-0.05, 0) is 39.7 Å². The van der Waals surface area contributed by atoms with E-state index in [0.717, 1.165) is 23.4 Å². The third kappa shape index (κ3) is 3.15. The molecule has 0 amide bonds. The summed E-state index contributed by atoms with van der Waals surface area (Å²) in [5, 5.41) is 14.6. The quantitative estimate of drug-likeness (QED) is 0.808. The van der Waals surface area contributed by atoms with Crippen LogP contribution in [0.25, 0.3) is 0 Å². The fourth-order valence-corrected chi connectivity index (χ4v) is 3.63. The fourth-order valence-electron chi connectivity index (χ4n) is 2.59. The van der Waals surface area contributed by atoms with Crippen LogP contribution in [0.5, 0.6) is 5.75 Å². The highest BCUT2D eigenvalue weighted by Gasteiger charge is 2.28. The zero-order valence-corrected chi connectivity index (χ0v) is 14.3. The third-order valence-corrected chi connectivity index (χ3v) is 4.98. The van der Waals surface area contributed by atoms with Crippen molar-refractivity contribution in [3.8, 4) is 5.75 Å².